The SMILES string of the molecule is CCOC(=O)Cc1cc(N)nc(C(F)(F)F)c1. The molecule has 0 amide bonds. The molecule has 1 heterocycles. The van der Waals surface area contributed by atoms with Crippen LogP contribution in [-0.2, 0) is 22.1 Å². The van der Waals surface area contributed by atoms with Crippen molar-refractivity contribution >= 4 is 11.8 Å². The Bertz CT molecular complexity index is 419. The number of hydrogen-bond donors (Lipinski definition) is 1. The predicted molar refractivity (Wildman–Crippen MR) is 54.0 cm³/mol. The molecule has 0 aliphatic carbocycles. The van der Waals surface area contributed by atoms with Crippen LogP contribution in [0.15, 0.2) is 12.1 Å². The van der Waals surface area contributed by atoms with Gasteiger partial charge in [-0.1, -0.05) is 0 Å². The van der Waals surface area contributed by atoms with E-state index in [4.69, 9.17) is 5.73 Å². The molecule has 17 heavy (non-hydrogen) atoms. The van der Waals surface area contributed by atoms with E-state index >= 15 is 0 Å². The van der Waals surface area contributed by atoms with Crippen LogP contribution < -0.4 is 5.73 Å². The third kappa shape index (κ3) is 3.93. The molecule has 94 valence electrons. The number of anilines is 1. The van der Waals surface area contributed by atoms with E-state index in [0.717, 1.165) is 6.07 Å². The topological polar surface area (TPSA) is 65.2 Å². The standard InChI is InChI=1S/C10H11F3N2O2/c1-2-17-9(16)5-6-3-7(10(11,12)13)15-8(14)4-6/h3-4H,2,5H2,1H3,(H2,14,15). The largest absolute Gasteiger partial charge is 0.466 e. The molecule has 0 aliphatic heterocycles. The molecule has 0 saturated carbocycles. The van der Waals surface area contributed by atoms with Gasteiger partial charge in [-0.25, -0.2) is 4.98 Å². The first-order valence-electron chi connectivity index (χ1n) is 4.82. The highest BCUT2D eigenvalue weighted by molar-refractivity contribution is 5.72. The second-order valence-electron chi connectivity index (χ2n) is 3.27. The zero-order valence-corrected chi connectivity index (χ0v) is 9.04. The summed E-state index contributed by atoms with van der Waals surface area (Å²) in [5.41, 5.74) is 4.26. The van der Waals surface area contributed by atoms with Crippen molar-refractivity contribution in [1.82, 2.24) is 4.98 Å². The van der Waals surface area contributed by atoms with Crippen molar-refractivity contribution in [1.29, 1.82) is 0 Å². The van der Waals surface area contributed by atoms with Crippen molar-refractivity contribution in [2.75, 3.05) is 12.3 Å². The minimum atomic E-state index is -4.58. The maximum absolute atomic E-state index is 12.4. The number of nitrogen functional groups attached to an aromatic ring is 1. The van der Waals surface area contributed by atoms with Crippen LogP contribution in [0.3, 0.4) is 0 Å². The number of nitrogens with two attached hydrogens (primary N) is 1. The Morgan fingerprint density at radius 1 is 1.47 bits per heavy atom. The fraction of sp³-hybridized carbons (Fsp3) is 0.400. The Hall–Kier alpha value is -1.79. The van der Waals surface area contributed by atoms with Gasteiger partial charge in [-0.05, 0) is 24.6 Å². The Kier molecular flexibility index (Phi) is 3.93. The van der Waals surface area contributed by atoms with Gasteiger partial charge in [0.05, 0.1) is 13.0 Å². The Labute approximate surface area is 95.6 Å². The molecule has 0 aromatic carbocycles. The van der Waals surface area contributed by atoms with Gasteiger partial charge in [0.2, 0.25) is 0 Å². The number of carbonyl (C=O) groups is 1. The molecule has 2 N–H and O–H groups in total. The highest BCUT2D eigenvalue weighted by Gasteiger charge is 2.33. The van der Waals surface area contributed by atoms with Crippen molar-refractivity contribution in [2.45, 2.75) is 19.5 Å². The zero-order chi connectivity index (χ0) is 13.1. The van der Waals surface area contributed by atoms with E-state index in [1.165, 1.54) is 6.07 Å². The maximum Gasteiger partial charge on any atom is 0.433 e. The molecule has 1 rings (SSSR count). The lowest BCUT2D eigenvalue weighted by molar-refractivity contribution is -0.143. The van der Waals surface area contributed by atoms with Gasteiger partial charge in [0.25, 0.3) is 0 Å². The molecule has 1 aromatic rings. The van der Waals surface area contributed by atoms with E-state index < -0.39 is 17.8 Å². The number of aromatic nitrogens is 1. The highest BCUT2D eigenvalue weighted by Crippen LogP contribution is 2.29. The molecule has 0 unspecified atom stereocenters. The molecule has 4 nitrogen and oxygen atoms in total. The second-order valence-corrected chi connectivity index (χ2v) is 3.27. The molecule has 0 spiro atoms. The molecule has 0 aliphatic rings. The summed E-state index contributed by atoms with van der Waals surface area (Å²) >= 11 is 0. The normalized spacial score (nSPS) is 11.3. The van der Waals surface area contributed by atoms with Crippen LogP contribution in [0.5, 0.6) is 0 Å². The van der Waals surface area contributed by atoms with Gasteiger partial charge in [0.15, 0.2) is 0 Å². The first-order chi connectivity index (χ1) is 7.82. The molecule has 0 radical (unpaired) electrons. The molecule has 1 aromatic heterocycles. The molecule has 0 bridgehead atoms. The second kappa shape index (κ2) is 5.03. The van der Waals surface area contributed by atoms with Crippen molar-refractivity contribution in [2.24, 2.45) is 0 Å². The summed E-state index contributed by atoms with van der Waals surface area (Å²) in [5.74, 6) is -0.884. The monoisotopic (exact) mass is 248 g/mol. The minimum absolute atomic E-state index is 0.128. The van der Waals surface area contributed by atoms with Gasteiger partial charge < -0.3 is 10.5 Å². The third-order valence-corrected chi connectivity index (χ3v) is 1.85. The van der Waals surface area contributed by atoms with Crippen LogP contribution in [0.4, 0.5) is 19.0 Å². The van der Waals surface area contributed by atoms with Crippen molar-refractivity contribution in [3.63, 3.8) is 0 Å². The van der Waals surface area contributed by atoms with Gasteiger partial charge in [-0.2, -0.15) is 13.2 Å². The van der Waals surface area contributed by atoms with Gasteiger partial charge in [0.1, 0.15) is 11.5 Å². The van der Waals surface area contributed by atoms with Crippen molar-refractivity contribution in [3.05, 3.63) is 23.4 Å². The lowest BCUT2D eigenvalue weighted by Gasteiger charge is -2.09. The van der Waals surface area contributed by atoms with Gasteiger partial charge >= 0.3 is 12.1 Å². The van der Waals surface area contributed by atoms with E-state index in [-0.39, 0.29) is 24.4 Å². The third-order valence-electron chi connectivity index (χ3n) is 1.85. The van der Waals surface area contributed by atoms with Crippen LogP contribution >= 0.6 is 0 Å². The van der Waals surface area contributed by atoms with Crippen molar-refractivity contribution < 1.29 is 22.7 Å². The fourth-order valence-electron chi connectivity index (χ4n) is 1.24. The quantitative estimate of drug-likeness (QED) is 0.828. The summed E-state index contributed by atoms with van der Waals surface area (Å²) in [5, 5.41) is 0. The van der Waals surface area contributed by atoms with E-state index in [2.05, 4.69) is 9.72 Å². The Morgan fingerprint density at radius 2 is 2.12 bits per heavy atom. The fourth-order valence-corrected chi connectivity index (χ4v) is 1.24. The van der Waals surface area contributed by atoms with Gasteiger partial charge in [0, 0.05) is 0 Å². The number of carbonyl (C=O) groups excluding carboxylic acids is 1. The number of pyridine rings is 1. The van der Waals surface area contributed by atoms with Crippen molar-refractivity contribution in [3.8, 4) is 0 Å². The number of ether oxygens (including phenoxy) is 1. The Morgan fingerprint density at radius 3 is 2.65 bits per heavy atom. The first-order valence-corrected chi connectivity index (χ1v) is 4.82. The van der Waals surface area contributed by atoms with E-state index in [0.29, 0.717) is 0 Å². The average molecular weight is 248 g/mol. The van der Waals surface area contributed by atoms with Gasteiger partial charge in [-0.15, -0.1) is 0 Å². The summed E-state index contributed by atoms with van der Waals surface area (Å²) in [6.45, 7) is 1.78. The van der Waals surface area contributed by atoms with E-state index in [9.17, 15) is 18.0 Å². The summed E-state index contributed by atoms with van der Waals surface area (Å²) in [4.78, 5) is 14.3. The average Bonchev–Trinajstić information content (AvgIpc) is 2.15. The van der Waals surface area contributed by atoms with Crippen LogP contribution in [0.25, 0.3) is 0 Å². The summed E-state index contributed by atoms with van der Waals surface area (Å²) in [7, 11) is 0. The minimum Gasteiger partial charge on any atom is -0.466 e. The molecule has 0 saturated heterocycles. The smallest absolute Gasteiger partial charge is 0.433 e. The van der Waals surface area contributed by atoms with Crippen LogP contribution in [0.2, 0.25) is 0 Å². The number of rotatable bonds is 3. The number of nitrogens with zero attached hydrogens (tertiary/aromatic N) is 1. The molecular weight excluding hydrogens is 237 g/mol. The summed E-state index contributed by atoms with van der Waals surface area (Å²) in [6, 6.07) is 2.00. The number of esters is 1. The van der Waals surface area contributed by atoms with Crippen LogP contribution in [0, 0.1) is 0 Å². The molecule has 0 atom stereocenters. The van der Waals surface area contributed by atoms with Crippen LogP contribution in [0.1, 0.15) is 18.2 Å². The summed E-state index contributed by atoms with van der Waals surface area (Å²) in [6.07, 6.45) is -4.84. The molecule has 7 heteroatoms. The molecule has 0 fully saturated rings. The number of hydrogen-bond acceptors (Lipinski definition) is 4. The molecular formula is C10H11F3N2O2. The van der Waals surface area contributed by atoms with E-state index in [1.807, 2.05) is 0 Å². The number of halogens is 3. The predicted octanol–water partition coefficient (Wildman–Crippen LogP) is 1.79. The zero-order valence-electron chi connectivity index (χ0n) is 9.04. The van der Waals surface area contributed by atoms with E-state index in [1.54, 1.807) is 6.92 Å². The lowest BCUT2D eigenvalue weighted by Crippen LogP contribution is -2.13. The van der Waals surface area contributed by atoms with Gasteiger partial charge in [-0.3, -0.25) is 4.79 Å². The summed E-state index contributed by atoms with van der Waals surface area (Å²) < 4.78 is 41.8. The maximum atomic E-state index is 12.4. The van der Waals surface area contributed by atoms with Crippen LogP contribution in [-0.4, -0.2) is 17.6 Å². The highest BCUT2D eigenvalue weighted by atomic mass is 19.4. The lowest BCUT2D eigenvalue weighted by atomic mass is 10.1. The number of alkyl halides is 3. The Balaban J connectivity index is 2.94. The first kappa shape index (κ1) is 13.3.